The largest absolute Gasteiger partial charge is 0.511 e. The van der Waals surface area contributed by atoms with E-state index < -0.39 is 6.16 Å². The molecule has 1 amide bonds. The lowest BCUT2D eigenvalue weighted by atomic mass is 9.77. The lowest BCUT2D eigenvalue weighted by molar-refractivity contribution is -0.119. The van der Waals surface area contributed by atoms with E-state index in [1.807, 2.05) is 13.8 Å². The topological polar surface area (TPSA) is 66.8 Å². The molecule has 0 aliphatic carbocycles. The molecule has 1 aliphatic rings. The first-order valence-corrected chi connectivity index (χ1v) is 5.63. The molecule has 0 bridgehead atoms. The van der Waals surface area contributed by atoms with Gasteiger partial charge in [-0.15, -0.1) is 0 Å². The van der Waals surface area contributed by atoms with Crippen LogP contribution in [0.25, 0.3) is 0 Å². The van der Waals surface area contributed by atoms with E-state index in [0.29, 0.717) is 6.42 Å². The Bertz CT molecular complexity index is 522. The molecule has 0 unspecified atom stereocenters. The number of rotatable bonds is 1. The van der Waals surface area contributed by atoms with E-state index in [1.54, 1.807) is 30.1 Å². The smallest absolute Gasteiger partial charge is 0.449 e. The van der Waals surface area contributed by atoms with Crippen LogP contribution in [0.15, 0.2) is 18.2 Å². The van der Waals surface area contributed by atoms with Crippen LogP contribution < -0.4 is 9.64 Å². The number of amides is 1. The Morgan fingerprint density at radius 3 is 2.72 bits per heavy atom. The number of nitrogens with zero attached hydrogens (tertiary/aromatic N) is 1. The minimum atomic E-state index is -1.34. The fourth-order valence-electron chi connectivity index (χ4n) is 2.24. The minimum Gasteiger partial charge on any atom is -0.449 e. The summed E-state index contributed by atoms with van der Waals surface area (Å²) in [6.07, 6.45) is -0.944. The normalized spacial score (nSPS) is 17.3. The molecule has 1 N–H and O–H groups in total. The van der Waals surface area contributed by atoms with Crippen LogP contribution in [0, 0.1) is 0 Å². The second kappa shape index (κ2) is 4.01. The van der Waals surface area contributed by atoms with Crippen LogP contribution in [-0.2, 0) is 10.2 Å². The summed E-state index contributed by atoms with van der Waals surface area (Å²) < 4.78 is 4.65. The maximum atomic E-state index is 11.8. The molecule has 2 rings (SSSR count). The number of hydrogen-bond acceptors (Lipinski definition) is 3. The highest BCUT2D eigenvalue weighted by Crippen LogP contribution is 2.41. The van der Waals surface area contributed by atoms with Gasteiger partial charge in [0.1, 0.15) is 5.75 Å². The maximum Gasteiger partial charge on any atom is 0.511 e. The molecule has 18 heavy (non-hydrogen) atoms. The zero-order valence-electron chi connectivity index (χ0n) is 10.6. The van der Waals surface area contributed by atoms with Crippen molar-refractivity contribution in [3.8, 4) is 5.75 Å². The molecular formula is C13H15NO4. The predicted octanol–water partition coefficient (Wildman–Crippen LogP) is 2.39. The Balaban J connectivity index is 2.50. The van der Waals surface area contributed by atoms with Gasteiger partial charge in [0.15, 0.2) is 0 Å². The van der Waals surface area contributed by atoms with E-state index in [-0.39, 0.29) is 17.1 Å². The molecule has 96 valence electrons. The number of carbonyl (C=O) groups is 2. The fraction of sp³-hybridized carbons (Fsp3) is 0.385. The zero-order chi connectivity index (χ0) is 13.5. The quantitative estimate of drug-likeness (QED) is 0.613. The van der Waals surface area contributed by atoms with Crippen molar-refractivity contribution in [3.63, 3.8) is 0 Å². The average molecular weight is 249 g/mol. The van der Waals surface area contributed by atoms with E-state index in [2.05, 4.69) is 4.74 Å². The summed E-state index contributed by atoms with van der Waals surface area (Å²) in [6, 6.07) is 4.96. The first kappa shape index (κ1) is 12.4. The second-order valence-electron chi connectivity index (χ2n) is 5.06. The number of carboxylic acid groups (broad SMARTS) is 1. The van der Waals surface area contributed by atoms with Gasteiger partial charge in [-0.1, -0.05) is 13.8 Å². The highest BCUT2D eigenvalue weighted by Gasteiger charge is 2.35. The summed E-state index contributed by atoms with van der Waals surface area (Å²) in [7, 11) is 1.72. The van der Waals surface area contributed by atoms with Crippen LogP contribution in [-0.4, -0.2) is 24.2 Å². The first-order valence-electron chi connectivity index (χ1n) is 5.63. The van der Waals surface area contributed by atoms with Crippen molar-refractivity contribution in [1.29, 1.82) is 0 Å². The third-order valence-corrected chi connectivity index (χ3v) is 3.23. The van der Waals surface area contributed by atoms with Gasteiger partial charge >= 0.3 is 6.16 Å². The van der Waals surface area contributed by atoms with Gasteiger partial charge in [-0.25, -0.2) is 4.79 Å². The van der Waals surface area contributed by atoms with Gasteiger partial charge in [-0.3, -0.25) is 4.79 Å². The molecule has 1 aromatic rings. The molecule has 0 atom stereocenters. The first-order chi connectivity index (χ1) is 8.31. The van der Waals surface area contributed by atoms with Crippen LogP contribution in [0.3, 0.4) is 0 Å². The summed E-state index contributed by atoms with van der Waals surface area (Å²) in [5, 5.41) is 8.61. The zero-order valence-corrected chi connectivity index (χ0v) is 10.6. The van der Waals surface area contributed by atoms with Crippen molar-refractivity contribution in [2.45, 2.75) is 25.7 Å². The molecular weight excluding hydrogens is 234 g/mol. The predicted molar refractivity (Wildman–Crippen MR) is 66.1 cm³/mol. The Morgan fingerprint density at radius 2 is 2.11 bits per heavy atom. The lowest BCUT2D eigenvalue weighted by Gasteiger charge is -2.36. The molecule has 5 heteroatoms. The second-order valence-corrected chi connectivity index (χ2v) is 5.06. The number of carbonyl (C=O) groups excluding carboxylic acids is 1. The van der Waals surface area contributed by atoms with Crippen molar-refractivity contribution >= 4 is 17.7 Å². The van der Waals surface area contributed by atoms with Crippen LogP contribution in [0.5, 0.6) is 5.75 Å². The summed E-state index contributed by atoms with van der Waals surface area (Å²) >= 11 is 0. The molecule has 1 heterocycles. The van der Waals surface area contributed by atoms with Gasteiger partial charge in [0, 0.05) is 24.6 Å². The van der Waals surface area contributed by atoms with Gasteiger partial charge in [-0.05, 0) is 23.8 Å². The Hall–Kier alpha value is -2.04. The third-order valence-electron chi connectivity index (χ3n) is 3.23. The number of benzene rings is 1. The van der Waals surface area contributed by atoms with E-state index in [0.717, 1.165) is 11.3 Å². The van der Waals surface area contributed by atoms with Gasteiger partial charge in [0.25, 0.3) is 0 Å². The van der Waals surface area contributed by atoms with Gasteiger partial charge in [0.05, 0.1) is 0 Å². The van der Waals surface area contributed by atoms with Crippen LogP contribution in [0.1, 0.15) is 25.8 Å². The summed E-state index contributed by atoms with van der Waals surface area (Å²) in [5.41, 5.74) is 1.40. The number of fused-ring (bicyclic) bond motifs is 1. The highest BCUT2D eigenvalue weighted by atomic mass is 16.7. The molecule has 1 aliphatic heterocycles. The summed E-state index contributed by atoms with van der Waals surface area (Å²) in [4.78, 5) is 24.0. The third kappa shape index (κ3) is 2.03. The SMILES string of the molecule is CN1C(=O)CC(C)(C)c2cc(OC(=O)O)ccc21. The van der Waals surface area contributed by atoms with E-state index in [1.165, 1.54) is 0 Å². The fourth-order valence-corrected chi connectivity index (χ4v) is 2.24. The number of hydrogen-bond donors (Lipinski definition) is 1. The van der Waals surface area contributed by atoms with Crippen molar-refractivity contribution in [2.24, 2.45) is 0 Å². The molecule has 0 aromatic heterocycles. The molecule has 0 fully saturated rings. The maximum absolute atomic E-state index is 11.8. The van der Waals surface area contributed by atoms with E-state index in [4.69, 9.17) is 5.11 Å². The van der Waals surface area contributed by atoms with Gasteiger partial charge in [0.2, 0.25) is 5.91 Å². The summed E-state index contributed by atoms with van der Waals surface area (Å²) in [6.45, 7) is 3.92. The molecule has 5 nitrogen and oxygen atoms in total. The summed E-state index contributed by atoms with van der Waals surface area (Å²) in [5.74, 6) is 0.330. The van der Waals surface area contributed by atoms with Crippen molar-refractivity contribution in [1.82, 2.24) is 0 Å². The molecule has 0 saturated heterocycles. The number of anilines is 1. The standard InChI is InChI=1S/C13H15NO4/c1-13(2)7-11(15)14(3)10-5-4-8(6-9(10)13)18-12(16)17/h4-6H,7H2,1-3H3,(H,16,17). The van der Waals surface area contributed by atoms with Gasteiger partial charge < -0.3 is 14.7 Å². The molecule has 0 radical (unpaired) electrons. The average Bonchev–Trinajstić information content (AvgIpc) is 2.25. The monoisotopic (exact) mass is 249 g/mol. The van der Waals surface area contributed by atoms with Gasteiger partial charge in [-0.2, -0.15) is 0 Å². The van der Waals surface area contributed by atoms with E-state index in [9.17, 15) is 9.59 Å². The van der Waals surface area contributed by atoms with Crippen LogP contribution in [0.2, 0.25) is 0 Å². The van der Waals surface area contributed by atoms with E-state index >= 15 is 0 Å². The minimum absolute atomic E-state index is 0.0550. The lowest BCUT2D eigenvalue weighted by Crippen LogP contribution is -2.39. The molecule has 1 aromatic carbocycles. The van der Waals surface area contributed by atoms with Crippen LogP contribution in [0.4, 0.5) is 10.5 Å². The van der Waals surface area contributed by atoms with Crippen molar-refractivity contribution < 1.29 is 19.4 Å². The van der Waals surface area contributed by atoms with Crippen LogP contribution >= 0.6 is 0 Å². The molecule has 0 spiro atoms. The Morgan fingerprint density at radius 1 is 1.44 bits per heavy atom. The van der Waals surface area contributed by atoms with Crippen molar-refractivity contribution in [2.75, 3.05) is 11.9 Å². The molecule has 0 saturated carbocycles. The highest BCUT2D eigenvalue weighted by molar-refractivity contribution is 5.97. The number of ether oxygens (including phenoxy) is 1. The Kier molecular flexibility index (Phi) is 2.77. The van der Waals surface area contributed by atoms with Crippen molar-refractivity contribution in [3.05, 3.63) is 23.8 Å². The Labute approximate surface area is 105 Å².